The Morgan fingerprint density at radius 2 is 1.94 bits per heavy atom. The number of rotatable bonds is 6. The molecular formula is C24H36N6O. The van der Waals surface area contributed by atoms with E-state index in [4.69, 9.17) is 4.99 Å². The Bertz CT molecular complexity index is 909. The molecule has 0 spiro atoms. The van der Waals surface area contributed by atoms with Crippen LogP contribution in [0.2, 0.25) is 0 Å². The molecule has 0 radical (unpaired) electrons. The van der Waals surface area contributed by atoms with Crippen LogP contribution in [0.4, 0.5) is 0 Å². The van der Waals surface area contributed by atoms with E-state index in [-0.39, 0.29) is 11.8 Å². The van der Waals surface area contributed by atoms with Gasteiger partial charge in [0, 0.05) is 37.3 Å². The number of nitrogens with one attached hydrogen (secondary N) is 2. The van der Waals surface area contributed by atoms with E-state index in [2.05, 4.69) is 47.8 Å². The highest BCUT2D eigenvalue weighted by atomic mass is 16.2. The number of hydrogen-bond acceptors (Lipinski definition) is 3. The first kappa shape index (κ1) is 22.8. The zero-order valence-electron chi connectivity index (χ0n) is 19.5. The molecule has 1 fully saturated rings. The van der Waals surface area contributed by atoms with Gasteiger partial charge in [-0.15, -0.1) is 0 Å². The van der Waals surface area contributed by atoms with Crippen LogP contribution in [0.5, 0.6) is 0 Å². The molecule has 31 heavy (non-hydrogen) atoms. The lowest BCUT2D eigenvalue weighted by molar-refractivity contribution is -0.135. The van der Waals surface area contributed by atoms with E-state index in [1.54, 1.807) is 0 Å². The third kappa shape index (κ3) is 5.87. The number of hydrogen-bond donors (Lipinski definition) is 2. The van der Waals surface area contributed by atoms with E-state index >= 15 is 0 Å². The molecule has 1 aromatic carbocycles. The number of guanidine groups is 1. The molecule has 1 saturated heterocycles. The average Bonchev–Trinajstić information content (AvgIpc) is 3.10. The van der Waals surface area contributed by atoms with Gasteiger partial charge in [-0.05, 0) is 51.3 Å². The minimum absolute atomic E-state index is 0.0608. The van der Waals surface area contributed by atoms with Crippen molar-refractivity contribution in [3.63, 3.8) is 0 Å². The van der Waals surface area contributed by atoms with E-state index in [1.165, 1.54) is 0 Å². The molecule has 0 bridgehead atoms. The second-order valence-corrected chi connectivity index (χ2v) is 8.56. The first-order valence-electron chi connectivity index (χ1n) is 11.3. The summed E-state index contributed by atoms with van der Waals surface area (Å²) >= 11 is 0. The molecule has 0 aliphatic carbocycles. The van der Waals surface area contributed by atoms with Crippen LogP contribution in [0.3, 0.4) is 0 Å². The lowest BCUT2D eigenvalue weighted by Crippen LogP contribution is -2.50. The SMILES string of the molecule is CCNC(=NCc1ccccc1-n1nc(C)cc1C)NC1CCN(C(=O)C(C)C)CC1. The van der Waals surface area contributed by atoms with Crippen LogP contribution in [-0.2, 0) is 11.3 Å². The molecule has 2 heterocycles. The Morgan fingerprint density at radius 1 is 1.23 bits per heavy atom. The third-order valence-corrected chi connectivity index (χ3v) is 5.62. The van der Waals surface area contributed by atoms with Gasteiger partial charge in [-0.2, -0.15) is 5.10 Å². The van der Waals surface area contributed by atoms with E-state index in [0.29, 0.717) is 12.6 Å². The number of benzene rings is 1. The maximum Gasteiger partial charge on any atom is 0.225 e. The smallest absolute Gasteiger partial charge is 0.225 e. The summed E-state index contributed by atoms with van der Waals surface area (Å²) in [6.07, 6.45) is 1.87. The summed E-state index contributed by atoms with van der Waals surface area (Å²) in [7, 11) is 0. The number of likely N-dealkylation sites (tertiary alicyclic amines) is 1. The van der Waals surface area contributed by atoms with Gasteiger partial charge in [-0.25, -0.2) is 9.67 Å². The summed E-state index contributed by atoms with van der Waals surface area (Å²) < 4.78 is 1.99. The number of nitrogens with zero attached hydrogens (tertiary/aromatic N) is 4. The summed E-state index contributed by atoms with van der Waals surface area (Å²) in [6.45, 7) is 13.1. The molecule has 1 amide bonds. The molecule has 3 rings (SSSR count). The summed E-state index contributed by atoms with van der Waals surface area (Å²) in [5, 5.41) is 11.6. The highest BCUT2D eigenvalue weighted by molar-refractivity contribution is 5.80. The van der Waals surface area contributed by atoms with Gasteiger partial charge in [0.25, 0.3) is 0 Å². The van der Waals surface area contributed by atoms with Crippen molar-refractivity contribution in [2.24, 2.45) is 10.9 Å². The van der Waals surface area contributed by atoms with Crippen LogP contribution in [0.1, 0.15) is 50.6 Å². The van der Waals surface area contributed by atoms with E-state index in [9.17, 15) is 4.79 Å². The minimum atomic E-state index is 0.0608. The summed E-state index contributed by atoms with van der Waals surface area (Å²) in [4.78, 5) is 19.1. The molecule has 2 aromatic rings. The highest BCUT2D eigenvalue weighted by Crippen LogP contribution is 2.18. The number of aryl methyl sites for hydroxylation is 2. The van der Waals surface area contributed by atoms with E-state index < -0.39 is 0 Å². The first-order valence-corrected chi connectivity index (χ1v) is 11.3. The van der Waals surface area contributed by atoms with Crippen molar-refractivity contribution in [1.82, 2.24) is 25.3 Å². The number of carbonyl (C=O) groups is 1. The van der Waals surface area contributed by atoms with Crippen molar-refractivity contribution in [2.45, 2.75) is 60.0 Å². The Balaban J connectivity index is 1.68. The maximum absolute atomic E-state index is 12.2. The average molecular weight is 425 g/mol. The fourth-order valence-corrected chi connectivity index (χ4v) is 4.01. The number of aliphatic imine (C=N–C) groups is 1. The number of amides is 1. The van der Waals surface area contributed by atoms with Crippen LogP contribution in [0.25, 0.3) is 5.69 Å². The van der Waals surface area contributed by atoms with Gasteiger partial charge >= 0.3 is 0 Å². The van der Waals surface area contributed by atoms with Crippen molar-refractivity contribution in [1.29, 1.82) is 0 Å². The quantitative estimate of drug-likeness (QED) is 0.552. The van der Waals surface area contributed by atoms with Crippen molar-refractivity contribution in [2.75, 3.05) is 19.6 Å². The van der Waals surface area contributed by atoms with Gasteiger partial charge < -0.3 is 15.5 Å². The highest BCUT2D eigenvalue weighted by Gasteiger charge is 2.24. The number of para-hydroxylation sites is 1. The monoisotopic (exact) mass is 424 g/mol. The summed E-state index contributed by atoms with van der Waals surface area (Å²) in [5.74, 6) is 1.13. The van der Waals surface area contributed by atoms with Crippen LogP contribution in [0.15, 0.2) is 35.3 Å². The van der Waals surface area contributed by atoms with Gasteiger partial charge in [0.1, 0.15) is 0 Å². The van der Waals surface area contributed by atoms with Crippen LogP contribution < -0.4 is 10.6 Å². The number of aromatic nitrogens is 2. The lowest BCUT2D eigenvalue weighted by Gasteiger charge is -2.34. The van der Waals surface area contributed by atoms with Gasteiger partial charge in [-0.1, -0.05) is 32.0 Å². The Morgan fingerprint density at radius 3 is 2.55 bits per heavy atom. The maximum atomic E-state index is 12.2. The predicted molar refractivity (Wildman–Crippen MR) is 125 cm³/mol. The minimum Gasteiger partial charge on any atom is -0.357 e. The molecule has 7 heteroatoms. The van der Waals surface area contributed by atoms with Crippen LogP contribution in [-0.4, -0.2) is 52.2 Å². The molecule has 1 aromatic heterocycles. The largest absolute Gasteiger partial charge is 0.357 e. The van der Waals surface area contributed by atoms with E-state index in [0.717, 1.165) is 61.1 Å². The molecule has 1 aliphatic heterocycles. The molecule has 7 nitrogen and oxygen atoms in total. The normalized spacial score (nSPS) is 15.4. The predicted octanol–water partition coefficient (Wildman–Crippen LogP) is 3.19. The standard InChI is InChI=1S/C24H36N6O/c1-6-25-24(27-21-11-13-29(14-12-21)23(31)17(2)3)26-16-20-9-7-8-10-22(20)30-19(5)15-18(4)28-30/h7-10,15,17,21H,6,11-14,16H2,1-5H3,(H2,25,26,27). The van der Waals surface area contributed by atoms with Crippen molar-refractivity contribution in [3.8, 4) is 5.69 Å². The Kier molecular flexibility index (Phi) is 7.71. The second-order valence-electron chi connectivity index (χ2n) is 8.56. The molecule has 2 N–H and O–H groups in total. The summed E-state index contributed by atoms with van der Waals surface area (Å²) in [6, 6.07) is 10.7. The van der Waals surface area contributed by atoms with Crippen molar-refractivity contribution < 1.29 is 4.79 Å². The fraction of sp³-hybridized carbons (Fsp3) is 0.542. The third-order valence-electron chi connectivity index (χ3n) is 5.62. The van der Waals surface area contributed by atoms with Crippen LogP contribution >= 0.6 is 0 Å². The van der Waals surface area contributed by atoms with Gasteiger partial charge in [-0.3, -0.25) is 4.79 Å². The topological polar surface area (TPSA) is 74.6 Å². The molecule has 0 saturated carbocycles. The molecule has 1 aliphatic rings. The van der Waals surface area contributed by atoms with Crippen LogP contribution in [0, 0.1) is 19.8 Å². The second kappa shape index (κ2) is 10.5. The van der Waals surface area contributed by atoms with E-state index in [1.807, 2.05) is 42.5 Å². The molecule has 0 atom stereocenters. The van der Waals surface area contributed by atoms with Gasteiger partial charge in [0.05, 0.1) is 17.9 Å². The van der Waals surface area contributed by atoms with Crippen molar-refractivity contribution >= 4 is 11.9 Å². The zero-order valence-corrected chi connectivity index (χ0v) is 19.5. The molecule has 168 valence electrons. The van der Waals surface area contributed by atoms with Gasteiger partial charge in [0.15, 0.2) is 5.96 Å². The Labute approximate surface area is 185 Å². The molecular weight excluding hydrogens is 388 g/mol. The van der Waals surface area contributed by atoms with Crippen molar-refractivity contribution in [3.05, 3.63) is 47.3 Å². The number of piperidine rings is 1. The summed E-state index contributed by atoms with van der Waals surface area (Å²) in [5.41, 5.74) is 4.31. The van der Waals surface area contributed by atoms with Gasteiger partial charge in [0.2, 0.25) is 5.91 Å². The number of carbonyl (C=O) groups excluding carboxylic acids is 1. The molecule has 0 unspecified atom stereocenters. The first-order chi connectivity index (χ1) is 14.9. The zero-order chi connectivity index (χ0) is 22.4. The Hall–Kier alpha value is -2.83. The fourth-order valence-electron chi connectivity index (χ4n) is 4.01. The lowest BCUT2D eigenvalue weighted by atomic mass is 10.0.